The standard InChI is InChI=1S/C22H23F2N9O9P2S2/c23-12-10-4-37-43(35,45)41-16-11(40-21(13(16)24)32-7-29-15-18(25)27-6-28-20(15)32)5-38-44(36,46)42-17(12)22(39-10)33-9-3-1-2-8(19(26)34)14(9)30-31-33/h1-3,6-7,10-13,16-17,21-22H,4-5H2,(H2,26,34)(H,35,45)(H,36,46)(H2,25,27,28)/t10-,11-,12-,13-,16-,17-,21-,22-,43-,44-/m1/s1. The second-order valence-corrected chi connectivity index (χ2v) is 16.1. The molecule has 18 nitrogen and oxygen atoms in total. The maximum absolute atomic E-state index is 16.0. The van der Waals surface area contributed by atoms with E-state index in [4.69, 9.17) is 39.0 Å². The molecule has 10 atom stereocenters. The first-order chi connectivity index (χ1) is 21.8. The van der Waals surface area contributed by atoms with Crippen molar-refractivity contribution in [2.45, 2.75) is 49.2 Å². The molecular weight excluding hydrogens is 698 g/mol. The van der Waals surface area contributed by atoms with Crippen molar-refractivity contribution < 1.29 is 50.3 Å². The van der Waals surface area contributed by atoms with Crippen molar-refractivity contribution in [1.29, 1.82) is 0 Å². The molecule has 46 heavy (non-hydrogen) atoms. The summed E-state index contributed by atoms with van der Waals surface area (Å²) in [5, 5.41) is 7.93. The SMILES string of the molecule is NC(=O)c1cccc2c1nnn2[C@@H]1O[C@@H]2CO[P@@](=O)(S)O[C@H]3[C@@H](F)[C@H](n4cnc5c(N)ncnc54)O[C@@H]3CO[P@@](=O)(S)O[C@@H]1[C@@H]2F. The number of imidazole rings is 1. The third-order valence-electron chi connectivity index (χ3n) is 7.52. The van der Waals surface area contributed by atoms with Gasteiger partial charge in [0.25, 0.3) is 5.91 Å². The number of halogens is 2. The van der Waals surface area contributed by atoms with Crippen LogP contribution < -0.4 is 11.5 Å². The number of nitrogens with two attached hydrogens (primary N) is 2. The summed E-state index contributed by atoms with van der Waals surface area (Å²) in [5.74, 6) is -0.752. The average Bonchev–Trinajstić information content (AvgIpc) is 3.76. The van der Waals surface area contributed by atoms with Crippen LogP contribution in [0.3, 0.4) is 0 Å². The smallest absolute Gasteiger partial charge is 0.382 e. The number of benzene rings is 1. The zero-order valence-electron chi connectivity index (χ0n) is 22.9. The zero-order chi connectivity index (χ0) is 32.5. The Bertz CT molecular complexity index is 1940. The van der Waals surface area contributed by atoms with Crippen LogP contribution in [0.5, 0.6) is 0 Å². The summed E-state index contributed by atoms with van der Waals surface area (Å²) in [7, 11) is 0. The number of anilines is 1. The number of hydrogen-bond donors (Lipinski definition) is 4. The van der Waals surface area contributed by atoms with E-state index in [1.807, 2.05) is 0 Å². The number of thiol groups is 2. The van der Waals surface area contributed by atoms with Crippen LogP contribution in [-0.4, -0.2) is 90.4 Å². The number of rotatable bonds is 3. The summed E-state index contributed by atoms with van der Waals surface area (Å²) < 4.78 is 94.5. The van der Waals surface area contributed by atoms with Gasteiger partial charge in [-0.15, -0.1) is 5.10 Å². The van der Waals surface area contributed by atoms with Crippen LogP contribution in [0.2, 0.25) is 0 Å². The van der Waals surface area contributed by atoms with Crippen LogP contribution in [-0.2, 0) is 36.7 Å². The Balaban J connectivity index is 1.20. The molecule has 0 radical (unpaired) electrons. The molecule has 3 saturated heterocycles. The lowest BCUT2D eigenvalue weighted by atomic mass is 10.1. The Labute approximate surface area is 266 Å². The van der Waals surface area contributed by atoms with Crippen molar-refractivity contribution in [2.75, 3.05) is 18.9 Å². The molecule has 4 aromatic rings. The quantitative estimate of drug-likeness (QED) is 0.176. The highest BCUT2D eigenvalue weighted by molar-refractivity contribution is 8.44. The van der Waals surface area contributed by atoms with Gasteiger partial charge >= 0.3 is 13.6 Å². The molecule has 6 heterocycles. The van der Waals surface area contributed by atoms with E-state index in [0.29, 0.717) is 0 Å². The Hall–Kier alpha value is -2.78. The van der Waals surface area contributed by atoms with Gasteiger partial charge in [0.15, 0.2) is 36.3 Å². The molecule has 3 aromatic heterocycles. The van der Waals surface area contributed by atoms with Gasteiger partial charge in [0, 0.05) is 0 Å². The van der Waals surface area contributed by atoms with Crippen molar-refractivity contribution in [2.24, 2.45) is 5.73 Å². The summed E-state index contributed by atoms with van der Waals surface area (Å²) >= 11 is 7.97. The topological polar surface area (TPSA) is 233 Å². The Morgan fingerprint density at radius 2 is 1.63 bits per heavy atom. The highest BCUT2D eigenvalue weighted by Crippen LogP contribution is 2.60. The van der Waals surface area contributed by atoms with Gasteiger partial charge in [0.2, 0.25) is 0 Å². The summed E-state index contributed by atoms with van der Waals surface area (Å²) in [5.41, 5.74) is 11.9. The minimum Gasteiger partial charge on any atom is -0.382 e. The van der Waals surface area contributed by atoms with Gasteiger partial charge in [-0.1, -0.05) is 35.8 Å². The fourth-order valence-electron chi connectivity index (χ4n) is 5.43. The minimum absolute atomic E-state index is 0.0320. The highest BCUT2D eigenvalue weighted by Gasteiger charge is 2.54. The fourth-order valence-corrected chi connectivity index (χ4v) is 8.36. The summed E-state index contributed by atoms with van der Waals surface area (Å²) in [6, 6.07) is 4.42. The molecule has 0 aliphatic carbocycles. The van der Waals surface area contributed by atoms with Crippen LogP contribution in [0.1, 0.15) is 22.8 Å². The van der Waals surface area contributed by atoms with Crippen LogP contribution in [0.25, 0.3) is 22.2 Å². The van der Waals surface area contributed by atoms with Gasteiger partial charge in [0.1, 0.15) is 41.8 Å². The van der Waals surface area contributed by atoms with E-state index in [0.717, 1.165) is 11.0 Å². The van der Waals surface area contributed by atoms with E-state index in [-0.39, 0.29) is 33.6 Å². The van der Waals surface area contributed by atoms with Crippen molar-refractivity contribution in [3.8, 4) is 0 Å². The maximum atomic E-state index is 16.0. The molecule has 7 rings (SSSR count). The van der Waals surface area contributed by atoms with Crippen LogP contribution in [0, 0.1) is 0 Å². The van der Waals surface area contributed by atoms with Crippen LogP contribution in [0.15, 0.2) is 30.9 Å². The fraction of sp³-hybridized carbons (Fsp3) is 0.455. The Kier molecular flexibility index (Phi) is 8.11. The number of nitrogen functional groups attached to an aromatic ring is 1. The number of fused-ring (bicyclic) bond motifs is 5. The Morgan fingerprint density at radius 3 is 2.37 bits per heavy atom. The van der Waals surface area contributed by atoms with Gasteiger partial charge < -0.3 is 20.9 Å². The average molecular weight is 722 g/mol. The first kappa shape index (κ1) is 31.8. The number of carbonyl (C=O) groups is 1. The van der Waals surface area contributed by atoms with E-state index < -0.39 is 81.9 Å². The summed E-state index contributed by atoms with van der Waals surface area (Å²) in [4.78, 5) is 23.9. The van der Waals surface area contributed by atoms with E-state index in [1.54, 1.807) is 0 Å². The third-order valence-corrected chi connectivity index (χ3v) is 10.7. The Morgan fingerprint density at radius 1 is 0.935 bits per heavy atom. The zero-order valence-corrected chi connectivity index (χ0v) is 26.5. The molecule has 0 unspecified atom stereocenters. The molecule has 3 fully saturated rings. The maximum Gasteiger partial charge on any atom is 0.386 e. The van der Waals surface area contributed by atoms with E-state index in [1.165, 1.54) is 29.1 Å². The predicted molar refractivity (Wildman–Crippen MR) is 158 cm³/mol. The molecule has 3 aliphatic heterocycles. The monoisotopic (exact) mass is 721 g/mol. The third kappa shape index (κ3) is 5.59. The summed E-state index contributed by atoms with van der Waals surface area (Å²) in [6.45, 7) is -10.4. The molecule has 2 bridgehead atoms. The van der Waals surface area contributed by atoms with Gasteiger partial charge in [-0.05, 0) is 12.1 Å². The number of amides is 1. The highest BCUT2D eigenvalue weighted by atomic mass is 32.7. The van der Waals surface area contributed by atoms with Gasteiger partial charge in [-0.2, -0.15) is 0 Å². The van der Waals surface area contributed by atoms with Crippen molar-refractivity contribution >= 4 is 72.0 Å². The second-order valence-electron chi connectivity index (χ2n) is 10.3. The number of nitrogens with zero attached hydrogens (tertiary/aromatic N) is 7. The van der Waals surface area contributed by atoms with E-state index in [2.05, 4.69) is 49.8 Å². The number of carbonyl (C=O) groups excluding carboxylic acids is 1. The predicted octanol–water partition coefficient (Wildman–Crippen LogP) is 2.32. The molecular formula is C22H23F2N9O9P2S2. The number of aromatic nitrogens is 7. The molecule has 24 heteroatoms. The molecule has 1 aromatic carbocycles. The van der Waals surface area contributed by atoms with E-state index >= 15 is 8.78 Å². The van der Waals surface area contributed by atoms with Crippen LogP contribution >= 0.6 is 38.1 Å². The van der Waals surface area contributed by atoms with Crippen molar-refractivity contribution in [3.05, 3.63) is 36.4 Å². The van der Waals surface area contributed by atoms with Crippen LogP contribution in [0.4, 0.5) is 14.6 Å². The lowest BCUT2D eigenvalue weighted by Crippen LogP contribution is -2.33. The molecule has 0 spiro atoms. The summed E-state index contributed by atoms with van der Waals surface area (Å²) in [6.07, 6.45) is -11.1. The van der Waals surface area contributed by atoms with Gasteiger partial charge in [0.05, 0.1) is 30.6 Å². The first-order valence-electron chi connectivity index (χ1n) is 13.3. The molecule has 0 saturated carbocycles. The molecule has 4 N–H and O–H groups in total. The number of hydrogen-bond acceptors (Lipinski definition) is 15. The van der Waals surface area contributed by atoms with E-state index in [9.17, 15) is 13.9 Å². The van der Waals surface area contributed by atoms with Crippen molar-refractivity contribution in [3.63, 3.8) is 0 Å². The lowest BCUT2D eigenvalue weighted by Gasteiger charge is -2.25. The van der Waals surface area contributed by atoms with Crippen molar-refractivity contribution in [1.82, 2.24) is 34.5 Å². The number of ether oxygens (including phenoxy) is 2. The number of primary amides is 1. The molecule has 246 valence electrons. The second kappa shape index (κ2) is 11.7. The largest absolute Gasteiger partial charge is 0.386 e. The lowest BCUT2D eigenvalue weighted by molar-refractivity contribution is -0.0603. The molecule has 1 amide bonds. The minimum atomic E-state index is -4.49. The van der Waals surface area contributed by atoms with Gasteiger partial charge in [-0.25, -0.2) is 37.5 Å². The first-order valence-corrected chi connectivity index (χ1v) is 18.7. The molecule has 3 aliphatic rings. The normalized spacial score (nSPS) is 37.0. The van der Waals surface area contributed by atoms with Gasteiger partial charge in [-0.3, -0.25) is 27.5 Å². The number of alkyl halides is 2.